The SMILES string of the molecule is CC(C)=CC(=O)c1c(C)cccc1C. The molecule has 0 spiro atoms. The van der Waals surface area contributed by atoms with Gasteiger partial charge in [0.15, 0.2) is 5.78 Å². The van der Waals surface area contributed by atoms with Crippen molar-refractivity contribution in [2.75, 3.05) is 0 Å². The highest BCUT2D eigenvalue weighted by atomic mass is 16.1. The third kappa shape index (κ3) is 2.32. The fourth-order valence-electron chi connectivity index (χ4n) is 1.54. The lowest BCUT2D eigenvalue weighted by molar-refractivity contribution is 0.104. The monoisotopic (exact) mass is 188 g/mol. The molecule has 1 nitrogen and oxygen atoms in total. The third-order valence-corrected chi connectivity index (χ3v) is 2.15. The Balaban J connectivity index is 3.19. The van der Waals surface area contributed by atoms with Crippen LogP contribution in [0, 0.1) is 13.8 Å². The summed E-state index contributed by atoms with van der Waals surface area (Å²) in [7, 11) is 0. The molecule has 0 saturated heterocycles. The predicted octanol–water partition coefficient (Wildman–Crippen LogP) is 3.45. The van der Waals surface area contributed by atoms with Crippen LogP contribution in [0.1, 0.15) is 35.3 Å². The predicted molar refractivity (Wildman–Crippen MR) is 59.7 cm³/mol. The zero-order valence-corrected chi connectivity index (χ0v) is 9.22. The van der Waals surface area contributed by atoms with E-state index in [0.717, 1.165) is 22.3 Å². The van der Waals surface area contributed by atoms with Gasteiger partial charge in [-0.15, -0.1) is 0 Å². The Morgan fingerprint density at radius 2 is 1.64 bits per heavy atom. The van der Waals surface area contributed by atoms with Crippen molar-refractivity contribution in [2.45, 2.75) is 27.7 Å². The van der Waals surface area contributed by atoms with Gasteiger partial charge in [0, 0.05) is 5.56 Å². The lowest BCUT2D eigenvalue weighted by Crippen LogP contribution is -2.01. The van der Waals surface area contributed by atoms with Gasteiger partial charge in [0.05, 0.1) is 0 Å². The van der Waals surface area contributed by atoms with Crippen LogP contribution in [0.2, 0.25) is 0 Å². The minimum Gasteiger partial charge on any atom is -0.289 e. The average Bonchev–Trinajstić information content (AvgIpc) is 2.01. The van der Waals surface area contributed by atoms with Gasteiger partial charge in [-0.25, -0.2) is 0 Å². The Hall–Kier alpha value is -1.37. The number of benzene rings is 1. The zero-order chi connectivity index (χ0) is 10.7. The molecule has 0 unspecified atom stereocenters. The number of aryl methyl sites for hydroxylation is 2. The van der Waals surface area contributed by atoms with Crippen LogP contribution in [0.25, 0.3) is 0 Å². The highest BCUT2D eigenvalue weighted by Gasteiger charge is 2.08. The molecule has 0 bridgehead atoms. The van der Waals surface area contributed by atoms with Crippen molar-refractivity contribution in [1.82, 2.24) is 0 Å². The van der Waals surface area contributed by atoms with Gasteiger partial charge in [0.1, 0.15) is 0 Å². The van der Waals surface area contributed by atoms with Crippen LogP contribution in [-0.4, -0.2) is 5.78 Å². The maximum Gasteiger partial charge on any atom is 0.186 e. The second kappa shape index (κ2) is 4.23. The molecule has 14 heavy (non-hydrogen) atoms. The lowest BCUT2D eigenvalue weighted by Gasteiger charge is -2.05. The van der Waals surface area contributed by atoms with E-state index < -0.39 is 0 Å². The smallest absolute Gasteiger partial charge is 0.186 e. The summed E-state index contributed by atoms with van der Waals surface area (Å²) in [6.45, 7) is 7.81. The lowest BCUT2D eigenvalue weighted by atomic mass is 9.98. The summed E-state index contributed by atoms with van der Waals surface area (Å²) in [5, 5.41) is 0. The van der Waals surface area contributed by atoms with Gasteiger partial charge >= 0.3 is 0 Å². The van der Waals surface area contributed by atoms with E-state index in [0.29, 0.717) is 0 Å². The van der Waals surface area contributed by atoms with Crippen LogP contribution >= 0.6 is 0 Å². The van der Waals surface area contributed by atoms with E-state index in [1.807, 2.05) is 45.9 Å². The van der Waals surface area contributed by atoms with Crippen molar-refractivity contribution in [1.29, 1.82) is 0 Å². The first-order valence-electron chi connectivity index (χ1n) is 4.78. The molecule has 0 amide bonds. The van der Waals surface area contributed by atoms with Crippen molar-refractivity contribution in [3.63, 3.8) is 0 Å². The van der Waals surface area contributed by atoms with Crippen LogP contribution in [0.5, 0.6) is 0 Å². The normalized spacial score (nSPS) is 9.71. The second-order valence-electron chi connectivity index (χ2n) is 3.85. The Labute approximate surface area is 85.5 Å². The van der Waals surface area contributed by atoms with E-state index in [-0.39, 0.29) is 5.78 Å². The molecule has 0 aliphatic carbocycles. The fraction of sp³-hybridized carbons (Fsp3) is 0.308. The standard InChI is InChI=1S/C13H16O/c1-9(2)8-12(14)13-10(3)6-5-7-11(13)4/h5-8H,1-4H3. The number of hydrogen-bond donors (Lipinski definition) is 0. The van der Waals surface area contributed by atoms with E-state index in [4.69, 9.17) is 0 Å². The molecule has 74 valence electrons. The molecule has 0 aromatic heterocycles. The van der Waals surface area contributed by atoms with Gasteiger partial charge in [-0.2, -0.15) is 0 Å². The summed E-state index contributed by atoms with van der Waals surface area (Å²) in [4.78, 5) is 11.8. The maximum atomic E-state index is 11.8. The highest BCUT2D eigenvalue weighted by Crippen LogP contribution is 2.15. The summed E-state index contributed by atoms with van der Waals surface area (Å²) < 4.78 is 0. The quantitative estimate of drug-likeness (QED) is 0.513. The molecule has 0 aliphatic heterocycles. The van der Waals surface area contributed by atoms with Gasteiger partial charge in [0.25, 0.3) is 0 Å². The molecule has 1 aromatic carbocycles. The first-order valence-corrected chi connectivity index (χ1v) is 4.78. The minimum absolute atomic E-state index is 0.112. The average molecular weight is 188 g/mol. The molecule has 0 aliphatic rings. The summed E-state index contributed by atoms with van der Waals surface area (Å²) >= 11 is 0. The van der Waals surface area contributed by atoms with Crippen molar-refractivity contribution in [2.24, 2.45) is 0 Å². The summed E-state index contributed by atoms with van der Waals surface area (Å²) in [6, 6.07) is 5.92. The van der Waals surface area contributed by atoms with Crippen LogP contribution in [0.3, 0.4) is 0 Å². The topological polar surface area (TPSA) is 17.1 Å². The number of allylic oxidation sites excluding steroid dienone is 2. The molecule has 1 heteroatoms. The van der Waals surface area contributed by atoms with E-state index >= 15 is 0 Å². The molecule has 0 saturated carbocycles. The minimum atomic E-state index is 0.112. The number of carbonyl (C=O) groups excluding carboxylic acids is 1. The molecule has 0 radical (unpaired) electrons. The number of rotatable bonds is 2. The van der Waals surface area contributed by atoms with Crippen LogP contribution in [0.4, 0.5) is 0 Å². The van der Waals surface area contributed by atoms with Crippen LogP contribution < -0.4 is 0 Å². The van der Waals surface area contributed by atoms with E-state index in [1.54, 1.807) is 6.08 Å². The Morgan fingerprint density at radius 3 is 2.07 bits per heavy atom. The van der Waals surface area contributed by atoms with Crippen LogP contribution in [-0.2, 0) is 0 Å². The second-order valence-corrected chi connectivity index (χ2v) is 3.85. The molecule has 0 fully saturated rings. The number of ketones is 1. The van der Waals surface area contributed by atoms with Gasteiger partial charge in [-0.3, -0.25) is 4.79 Å². The zero-order valence-electron chi connectivity index (χ0n) is 9.22. The molecule has 0 N–H and O–H groups in total. The summed E-state index contributed by atoms with van der Waals surface area (Å²) in [5.41, 5.74) is 3.98. The molecule has 1 aromatic rings. The molecule has 1 rings (SSSR count). The van der Waals surface area contributed by atoms with Crippen molar-refractivity contribution in [3.05, 3.63) is 46.5 Å². The fourth-order valence-corrected chi connectivity index (χ4v) is 1.54. The maximum absolute atomic E-state index is 11.8. The van der Waals surface area contributed by atoms with E-state index in [1.165, 1.54) is 0 Å². The summed E-state index contributed by atoms with van der Waals surface area (Å²) in [5.74, 6) is 0.112. The first-order chi connectivity index (χ1) is 6.52. The van der Waals surface area contributed by atoms with E-state index in [2.05, 4.69) is 0 Å². The largest absolute Gasteiger partial charge is 0.289 e. The van der Waals surface area contributed by atoms with Crippen LogP contribution in [0.15, 0.2) is 29.8 Å². The van der Waals surface area contributed by atoms with Gasteiger partial charge in [-0.05, 0) is 44.9 Å². The first kappa shape index (κ1) is 10.7. The van der Waals surface area contributed by atoms with E-state index in [9.17, 15) is 4.79 Å². The third-order valence-electron chi connectivity index (χ3n) is 2.15. The highest BCUT2D eigenvalue weighted by molar-refractivity contribution is 6.06. The van der Waals surface area contributed by atoms with Gasteiger partial charge < -0.3 is 0 Å². The molecule has 0 atom stereocenters. The number of carbonyl (C=O) groups is 1. The Kier molecular flexibility index (Phi) is 3.23. The summed E-state index contributed by atoms with van der Waals surface area (Å²) in [6.07, 6.45) is 1.69. The van der Waals surface area contributed by atoms with Gasteiger partial charge in [0.2, 0.25) is 0 Å². The molecular weight excluding hydrogens is 172 g/mol. The molecule has 0 heterocycles. The van der Waals surface area contributed by atoms with Crippen molar-refractivity contribution in [3.8, 4) is 0 Å². The van der Waals surface area contributed by atoms with Crippen molar-refractivity contribution < 1.29 is 4.79 Å². The van der Waals surface area contributed by atoms with Crippen molar-refractivity contribution >= 4 is 5.78 Å². The Morgan fingerprint density at radius 1 is 1.14 bits per heavy atom. The molecular formula is C13H16O. The Bertz CT molecular complexity index is 362. The van der Waals surface area contributed by atoms with Gasteiger partial charge in [-0.1, -0.05) is 23.8 Å². The number of hydrogen-bond acceptors (Lipinski definition) is 1.